The van der Waals surface area contributed by atoms with E-state index >= 15 is 0 Å². The van der Waals surface area contributed by atoms with Gasteiger partial charge in [0.15, 0.2) is 0 Å². The quantitative estimate of drug-likeness (QED) is 0.315. The third-order valence-electron chi connectivity index (χ3n) is 6.83. The standard InChI is InChI=1S/C30H33N3/c1-7-22-19(4)13-10-16-25(22)28-29(26-17-11-14-20(5)23(26)8-2)31-33-32-30(28)27-18-12-15-21(6)24(27)9-3/h10-18H,7-9H2,1-6H3. The molecular weight excluding hydrogens is 402 g/mol. The SMILES string of the molecule is CCc1c(C)cccc1-c1nnnc(-c2cccc(C)c2CC)c1-c1cccc(C)c1CC. The Balaban J connectivity index is 2.16. The molecule has 0 aliphatic rings. The molecule has 0 bridgehead atoms. The zero-order chi connectivity index (χ0) is 23.5. The first-order valence-corrected chi connectivity index (χ1v) is 12.0. The van der Waals surface area contributed by atoms with Crippen LogP contribution in [0.3, 0.4) is 0 Å². The maximum atomic E-state index is 4.68. The third kappa shape index (κ3) is 4.08. The molecule has 3 aromatic carbocycles. The summed E-state index contributed by atoms with van der Waals surface area (Å²) in [6, 6.07) is 19.5. The second-order valence-electron chi connectivity index (χ2n) is 8.73. The van der Waals surface area contributed by atoms with Crippen molar-refractivity contribution in [3.05, 3.63) is 88.0 Å². The Labute approximate surface area is 197 Å². The highest BCUT2D eigenvalue weighted by Gasteiger charge is 2.23. The van der Waals surface area contributed by atoms with Crippen molar-refractivity contribution in [2.24, 2.45) is 0 Å². The van der Waals surface area contributed by atoms with Gasteiger partial charge in [0, 0.05) is 16.7 Å². The van der Waals surface area contributed by atoms with Crippen molar-refractivity contribution in [1.82, 2.24) is 15.4 Å². The zero-order valence-electron chi connectivity index (χ0n) is 20.7. The molecule has 0 radical (unpaired) electrons. The summed E-state index contributed by atoms with van der Waals surface area (Å²) in [6.07, 6.45) is 2.84. The highest BCUT2D eigenvalue weighted by Crippen LogP contribution is 2.42. The minimum absolute atomic E-state index is 0.921. The molecule has 168 valence electrons. The van der Waals surface area contributed by atoms with E-state index in [-0.39, 0.29) is 0 Å². The molecule has 3 nitrogen and oxygen atoms in total. The fraction of sp³-hybridized carbons (Fsp3) is 0.300. The Morgan fingerprint density at radius 3 is 1.27 bits per heavy atom. The molecule has 3 heteroatoms. The van der Waals surface area contributed by atoms with Gasteiger partial charge in [-0.1, -0.05) is 75.4 Å². The third-order valence-corrected chi connectivity index (χ3v) is 6.83. The van der Waals surface area contributed by atoms with E-state index in [0.29, 0.717) is 0 Å². The molecule has 33 heavy (non-hydrogen) atoms. The molecule has 0 N–H and O–H groups in total. The maximum Gasteiger partial charge on any atom is 0.105 e. The number of aryl methyl sites for hydroxylation is 3. The lowest BCUT2D eigenvalue weighted by Crippen LogP contribution is -2.06. The van der Waals surface area contributed by atoms with Crippen molar-refractivity contribution in [1.29, 1.82) is 0 Å². The highest BCUT2D eigenvalue weighted by atomic mass is 15.3. The average Bonchev–Trinajstić information content (AvgIpc) is 2.83. The van der Waals surface area contributed by atoms with Gasteiger partial charge in [-0.2, -0.15) is 0 Å². The van der Waals surface area contributed by atoms with Gasteiger partial charge >= 0.3 is 0 Å². The molecule has 0 saturated carbocycles. The smallest absolute Gasteiger partial charge is 0.105 e. The maximum absolute atomic E-state index is 4.68. The molecule has 0 unspecified atom stereocenters. The second-order valence-corrected chi connectivity index (χ2v) is 8.73. The Bertz CT molecular complexity index is 1230. The van der Waals surface area contributed by atoms with Gasteiger partial charge in [0.2, 0.25) is 0 Å². The van der Waals surface area contributed by atoms with Crippen LogP contribution in [0.2, 0.25) is 0 Å². The Morgan fingerprint density at radius 2 is 0.879 bits per heavy atom. The van der Waals surface area contributed by atoms with Gasteiger partial charge in [-0.3, -0.25) is 0 Å². The van der Waals surface area contributed by atoms with E-state index in [1.54, 1.807) is 0 Å². The number of hydrogen-bond donors (Lipinski definition) is 0. The minimum atomic E-state index is 0.921. The van der Waals surface area contributed by atoms with Crippen LogP contribution < -0.4 is 0 Å². The van der Waals surface area contributed by atoms with Crippen LogP contribution in [-0.4, -0.2) is 15.4 Å². The first-order chi connectivity index (χ1) is 16.0. The molecule has 4 rings (SSSR count). The Morgan fingerprint density at radius 1 is 0.515 bits per heavy atom. The Hall–Kier alpha value is -3.33. The van der Waals surface area contributed by atoms with Crippen molar-refractivity contribution in [2.45, 2.75) is 60.8 Å². The molecule has 0 amide bonds. The molecular formula is C30H33N3. The lowest BCUT2D eigenvalue weighted by atomic mass is 9.86. The topological polar surface area (TPSA) is 38.7 Å². The molecule has 0 spiro atoms. The fourth-order valence-electron chi connectivity index (χ4n) is 5.15. The van der Waals surface area contributed by atoms with Crippen LogP contribution in [0.15, 0.2) is 54.6 Å². The Kier molecular flexibility index (Phi) is 6.69. The van der Waals surface area contributed by atoms with Gasteiger partial charge in [-0.05, 0) is 84.2 Å². The predicted molar refractivity (Wildman–Crippen MR) is 138 cm³/mol. The highest BCUT2D eigenvalue weighted by molar-refractivity contribution is 5.93. The predicted octanol–water partition coefficient (Wildman–Crippen LogP) is 7.49. The van der Waals surface area contributed by atoms with Gasteiger partial charge in [0.1, 0.15) is 11.4 Å². The summed E-state index contributed by atoms with van der Waals surface area (Å²) in [7, 11) is 0. The van der Waals surface area contributed by atoms with Gasteiger partial charge in [0.05, 0.1) is 0 Å². The normalized spacial score (nSPS) is 11.1. The number of benzene rings is 3. The first-order valence-electron chi connectivity index (χ1n) is 12.0. The van der Waals surface area contributed by atoms with Gasteiger partial charge in [-0.15, -0.1) is 10.2 Å². The van der Waals surface area contributed by atoms with Crippen molar-refractivity contribution >= 4 is 0 Å². The molecule has 1 heterocycles. The zero-order valence-corrected chi connectivity index (χ0v) is 20.7. The second kappa shape index (κ2) is 9.66. The van der Waals surface area contributed by atoms with E-state index in [2.05, 4.69) is 112 Å². The molecule has 0 saturated heterocycles. The summed E-state index contributed by atoms with van der Waals surface area (Å²) in [5, 5.41) is 13.7. The van der Waals surface area contributed by atoms with Crippen LogP contribution >= 0.6 is 0 Å². The number of aromatic nitrogens is 3. The molecule has 0 atom stereocenters. The summed E-state index contributed by atoms with van der Waals surface area (Å²) in [5.74, 6) is 0. The number of hydrogen-bond acceptors (Lipinski definition) is 3. The first kappa shape index (κ1) is 22.8. The van der Waals surface area contributed by atoms with Crippen LogP contribution in [-0.2, 0) is 19.3 Å². The van der Waals surface area contributed by atoms with Gasteiger partial charge in [0.25, 0.3) is 0 Å². The van der Waals surface area contributed by atoms with Crippen molar-refractivity contribution < 1.29 is 0 Å². The van der Waals surface area contributed by atoms with Crippen molar-refractivity contribution in [3.8, 4) is 33.6 Å². The van der Waals surface area contributed by atoms with E-state index in [1.807, 2.05) is 0 Å². The van der Waals surface area contributed by atoms with Crippen LogP contribution in [0.1, 0.15) is 54.2 Å². The summed E-state index contributed by atoms with van der Waals surface area (Å²) in [5.41, 5.74) is 14.3. The molecule has 1 aromatic heterocycles. The molecule has 0 aliphatic heterocycles. The fourth-order valence-corrected chi connectivity index (χ4v) is 5.15. The van der Waals surface area contributed by atoms with Gasteiger partial charge < -0.3 is 0 Å². The van der Waals surface area contributed by atoms with Crippen molar-refractivity contribution in [2.75, 3.05) is 0 Å². The molecule has 4 aromatic rings. The van der Waals surface area contributed by atoms with E-state index in [4.69, 9.17) is 0 Å². The summed E-state index contributed by atoms with van der Waals surface area (Å²) in [6.45, 7) is 13.2. The van der Waals surface area contributed by atoms with Crippen LogP contribution in [0.4, 0.5) is 0 Å². The van der Waals surface area contributed by atoms with Crippen LogP contribution in [0.25, 0.3) is 33.6 Å². The molecule has 0 aliphatic carbocycles. The summed E-state index contributed by atoms with van der Waals surface area (Å²) < 4.78 is 0. The number of rotatable bonds is 6. The molecule has 0 fully saturated rings. The van der Waals surface area contributed by atoms with E-state index in [0.717, 1.165) is 47.3 Å². The van der Waals surface area contributed by atoms with E-state index in [9.17, 15) is 0 Å². The monoisotopic (exact) mass is 435 g/mol. The lowest BCUT2D eigenvalue weighted by Gasteiger charge is -2.20. The van der Waals surface area contributed by atoms with E-state index in [1.165, 1.54) is 38.9 Å². The van der Waals surface area contributed by atoms with Crippen LogP contribution in [0.5, 0.6) is 0 Å². The van der Waals surface area contributed by atoms with E-state index < -0.39 is 0 Å². The van der Waals surface area contributed by atoms with Gasteiger partial charge in [-0.25, -0.2) is 0 Å². The average molecular weight is 436 g/mol. The minimum Gasteiger partial charge on any atom is -0.129 e. The van der Waals surface area contributed by atoms with Crippen molar-refractivity contribution in [3.63, 3.8) is 0 Å². The number of nitrogens with zero attached hydrogens (tertiary/aromatic N) is 3. The van der Waals surface area contributed by atoms with Crippen LogP contribution in [0, 0.1) is 20.8 Å². The summed E-state index contributed by atoms with van der Waals surface area (Å²) >= 11 is 0. The largest absolute Gasteiger partial charge is 0.129 e. The summed E-state index contributed by atoms with van der Waals surface area (Å²) in [4.78, 5) is 0. The lowest BCUT2D eigenvalue weighted by molar-refractivity contribution is 0.874.